The molecule has 5 rings (SSSR count). The van der Waals surface area contributed by atoms with Crippen LogP contribution < -0.4 is 5.32 Å². The number of hydrogen-bond acceptors (Lipinski definition) is 3. The highest BCUT2D eigenvalue weighted by atomic mass is 32.2. The molecule has 0 atom stereocenters. The van der Waals surface area contributed by atoms with Gasteiger partial charge in [0.05, 0.1) is 17.0 Å². The number of nitrogens with one attached hydrogen (secondary N) is 1. The van der Waals surface area contributed by atoms with Crippen LogP contribution in [0.25, 0.3) is 33.3 Å². The zero-order valence-electron chi connectivity index (χ0n) is 17.9. The summed E-state index contributed by atoms with van der Waals surface area (Å²) < 4.78 is 0. The molecule has 33 heavy (non-hydrogen) atoms. The number of carbonyl (C=O) groups is 1. The number of hydrogen-bond donors (Lipinski definition) is 1. The van der Waals surface area contributed by atoms with Gasteiger partial charge in [-0.05, 0) is 23.8 Å². The molecule has 0 saturated heterocycles. The molecule has 1 aromatic heterocycles. The molecule has 4 heteroatoms. The van der Waals surface area contributed by atoms with Crippen molar-refractivity contribution in [1.29, 1.82) is 0 Å². The highest BCUT2D eigenvalue weighted by Gasteiger charge is 2.19. The Labute approximate surface area is 197 Å². The van der Waals surface area contributed by atoms with Crippen LogP contribution in [0, 0.1) is 0 Å². The fraction of sp³-hybridized carbons (Fsp3) is 0.0345. The SMILES string of the molecule is O=C(CSc1c(-c2ccccc2)nc2ccccc2c1-c1ccccc1)Nc1ccccc1. The zero-order valence-corrected chi connectivity index (χ0v) is 18.8. The number of benzene rings is 4. The Morgan fingerprint density at radius 3 is 1.97 bits per heavy atom. The molecule has 0 bridgehead atoms. The maximum absolute atomic E-state index is 12.8. The van der Waals surface area contributed by atoms with Gasteiger partial charge in [-0.15, -0.1) is 11.8 Å². The van der Waals surface area contributed by atoms with Gasteiger partial charge in [0.15, 0.2) is 0 Å². The molecule has 3 nitrogen and oxygen atoms in total. The molecule has 0 fully saturated rings. The first-order valence-corrected chi connectivity index (χ1v) is 11.8. The normalized spacial score (nSPS) is 10.8. The Kier molecular flexibility index (Phi) is 6.18. The monoisotopic (exact) mass is 446 g/mol. The predicted molar refractivity (Wildman–Crippen MR) is 138 cm³/mol. The third kappa shape index (κ3) is 4.66. The average molecular weight is 447 g/mol. The summed E-state index contributed by atoms with van der Waals surface area (Å²) in [6, 6.07) is 38.3. The number of anilines is 1. The van der Waals surface area contributed by atoms with E-state index >= 15 is 0 Å². The van der Waals surface area contributed by atoms with E-state index in [0.29, 0.717) is 0 Å². The van der Waals surface area contributed by atoms with Crippen LogP contribution >= 0.6 is 11.8 Å². The molecule has 1 heterocycles. The molecule has 0 saturated carbocycles. The van der Waals surface area contributed by atoms with Gasteiger partial charge in [-0.1, -0.05) is 97.1 Å². The minimum Gasteiger partial charge on any atom is -0.325 e. The van der Waals surface area contributed by atoms with Crippen molar-refractivity contribution in [3.63, 3.8) is 0 Å². The van der Waals surface area contributed by atoms with E-state index < -0.39 is 0 Å². The van der Waals surface area contributed by atoms with Gasteiger partial charge in [0.2, 0.25) is 5.91 Å². The van der Waals surface area contributed by atoms with Crippen molar-refractivity contribution < 1.29 is 4.79 Å². The van der Waals surface area contributed by atoms with Crippen molar-refractivity contribution in [3.05, 3.63) is 115 Å². The van der Waals surface area contributed by atoms with E-state index in [0.717, 1.165) is 43.9 Å². The van der Waals surface area contributed by atoms with Gasteiger partial charge in [-0.3, -0.25) is 4.79 Å². The number of rotatable bonds is 6. The summed E-state index contributed by atoms with van der Waals surface area (Å²) in [5.41, 5.74) is 5.88. The maximum Gasteiger partial charge on any atom is 0.234 e. The summed E-state index contributed by atoms with van der Waals surface area (Å²) in [6.07, 6.45) is 0. The standard InChI is InChI=1S/C29H22N2OS/c32-26(30-23-16-8-3-9-17-23)20-33-29-27(21-12-4-1-5-13-21)24-18-10-11-19-25(24)31-28(29)22-14-6-2-7-15-22/h1-19H,20H2,(H,30,32). The number of thioether (sulfide) groups is 1. The van der Waals surface area contributed by atoms with Crippen molar-refractivity contribution in [1.82, 2.24) is 4.98 Å². The van der Waals surface area contributed by atoms with Gasteiger partial charge in [0, 0.05) is 27.1 Å². The van der Waals surface area contributed by atoms with Crippen molar-refractivity contribution in [3.8, 4) is 22.4 Å². The minimum atomic E-state index is -0.0441. The molecule has 0 radical (unpaired) electrons. The van der Waals surface area contributed by atoms with E-state index in [-0.39, 0.29) is 11.7 Å². The maximum atomic E-state index is 12.8. The van der Waals surface area contributed by atoms with E-state index in [1.807, 2.05) is 84.9 Å². The van der Waals surface area contributed by atoms with Crippen molar-refractivity contribution in [2.45, 2.75) is 4.90 Å². The second kappa shape index (κ2) is 9.72. The summed E-state index contributed by atoms with van der Waals surface area (Å²) in [5.74, 6) is 0.242. The molecule has 0 spiro atoms. The Balaban J connectivity index is 1.62. The van der Waals surface area contributed by atoms with Gasteiger partial charge in [-0.25, -0.2) is 4.98 Å². The first kappa shape index (κ1) is 21.0. The zero-order chi connectivity index (χ0) is 22.5. The summed E-state index contributed by atoms with van der Waals surface area (Å²) in [6.45, 7) is 0. The summed E-state index contributed by atoms with van der Waals surface area (Å²) in [5, 5.41) is 4.07. The molecule has 4 aromatic carbocycles. The summed E-state index contributed by atoms with van der Waals surface area (Å²) >= 11 is 1.53. The van der Waals surface area contributed by atoms with E-state index in [9.17, 15) is 4.79 Å². The predicted octanol–water partition coefficient (Wildman–Crippen LogP) is 7.30. The second-order valence-corrected chi connectivity index (χ2v) is 8.60. The number of pyridine rings is 1. The number of para-hydroxylation sites is 2. The van der Waals surface area contributed by atoms with Gasteiger partial charge >= 0.3 is 0 Å². The lowest BCUT2D eigenvalue weighted by atomic mass is 9.98. The Hall–Kier alpha value is -3.89. The molecular weight excluding hydrogens is 424 g/mol. The van der Waals surface area contributed by atoms with E-state index in [1.54, 1.807) is 0 Å². The van der Waals surface area contributed by atoms with E-state index in [4.69, 9.17) is 4.98 Å². The van der Waals surface area contributed by atoms with E-state index in [2.05, 4.69) is 35.6 Å². The van der Waals surface area contributed by atoms with Crippen molar-refractivity contribution in [2.75, 3.05) is 11.1 Å². The van der Waals surface area contributed by atoms with Crippen LogP contribution in [0.2, 0.25) is 0 Å². The molecule has 5 aromatic rings. The lowest BCUT2D eigenvalue weighted by Crippen LogP contribution is -2.14. The lowest BCUT2D eigenvalue weighted by molar-refractivity contribution is -0.113. The van der Waals surface area contributed by atoms with Crippen molar-refractivity contribution >= 4 is 34.3 Å². The quantitative estimate of drug-likeness (QED) is 0.278. The number of aromatic nitrogens is 1. The fourth-order valence-electron chi connectivity index (χ4n) is 3.87. The minimum absolute atomic E-state index is 0.0441. The highest BCUT2D eigenvalue weighted by Crippen LogP contribution is 2.42. The van der Waals surface area contributed by atoms with Crippen LogP contribution in [0.15, 0.2) is 120 Å². The molecule has 1 N–H and O–H groups in total. The molecule has 1 amide bonds. The Morgan fingerprint density at radius 1 is 0.697 bits per heavy atom. The van der Waals surface area contributed by atoms with Crippen LogP contribution in [0.5, 0.6) is 0 Å². The second-order valence-electron chi connectivity index (χ2n) is 7.62. The summed E-state index contributed by atoms with van der Waals surface area (Å²) in [4.78, 5) is 18.8. The van der Waals surface area contributed by atoms with Crippen LogP contribution in [0.4, 0.5) is 5.69 Å². The van der Waals surface area contributed by atoms with Crippen LogP contribution in [0.3, 0.4) is 0 Å². The van der Waals surface area contributed by atoms with Gasteiger partial charge < -0.3 is 5.32 Å². The van der Waals surface area contributed by atoms with Crippen LogP contribution in [0.1, 0.15) is 0 Å². The molecule has 160 valence electrons. The Bertz CT molecular complexity index is 1390. The fourth-order valence-corrected chi connectivity index (χ4v) is 4.89. The lowest BCUT2D eigenvalue weighted by Gasteiger charge is -2.17. The molecule has 0 unspecified atom stereocenters. The summed E-state index contributed by atoms with van der Waals surface area (Å²) in [7, 11) is 0. The first-order valence-electron chi connectivity index (χ1n) is 10.8. The van der Waals surface area contributed by atoms with Crippen molar-refractivity contribution in [2.24, 2.45) is 0 Å². The number of carbonyl (C=O) groups excluding carboxylic acids is 1. The van der Waals surface area contributed by atoms with Crippen LogP contribution in [-0.2, 0) is 4.79 Å². The number of fused-ring (bicyclic) bond motifs is 1. The third-order valence-corrected chi connectivity index (χ3v) is 6.46. The average Bonchev–Trinajstić information content (AvgIpc) is 2.88. The molecule has 0 aliphatic rings. The molecule has 0 aliphatic carbocycles. The number of amides is 1. The smallest absolute Gasteiger partial charge is 0.234 e. The topological polar surface area (TPSA) is 42.0 Å². The molecule has 0 aliphatic heterocycles. The Morgan fingerprint density at radius 2 is 1.27 bits per heavy atom. The highest BCUT2D eigenvalue weighted by molar-refractivity contribution is 8.00. The number of nitrogens with zero attached hydrogens (tertiary/aromatic N) is 1. The largest absolute Gasteiger partial charge is 0.325 e. The van der Waals surface area contributed by atoms with Gasteiger partial charge in [-0.2, -0.15) is 0 Å². The van der Waals surface area contributed by atoms with E-state index in [1.165, 1.54) is 11.8 Å². The third-order valence-electron chi connectivity index (χ3n) is 5.36. The van der Waals surface area contributed by atoms with Gasteiger partial charge in [0.1, 0.15) is 0 Å². The van der Waals surface area contributed by atoms with Gasteiger partial charge in [0.25, 0.3) is 0 Å². The van der Waals surface area contributed by atoms with Crippen LogP contribution in [-0.4, -0.2) is 16.6 Å². The molecular formula is C29H22N2OS. The first-order chi connectivity index (χ1) is 16.3.